The van der Waals surface area contributed by atoms with Gasteiger partial charge in [-0.25, -0.2) is 9.37 Å². The van der Waals surface area contributed by atoms with Gasteiger partial charge in [-0.1, -0.05) is 0 Å². The van der Waals surface area contributed by atoms with Gasteiger partial charge in [-0.15, -0.1) is 0 Å². The molecule has 0 unspecified atom stereocenters. The van der Waals surface area contributed by atoms with Crippen molar-refractivity contribution in [3.63, 3.8) is 0 Å². The summed E-state index contributed by atoms with van der Waals surface area (Å²) in [5.41, 5.74) is 4.44. The van der Waals surface area contributed by atoms with Crippen LogP contribution in [-0.2, 0) is 7.05 Å². The maximum Gasteiger partial charge on any atom is 0.207 e. The van der Waals surface area contributed by atoms with Crippen molar-refractivity contribution in [3.05, 3.63) is 47.9 Å². The number of imidazole rings is 1. The zero-order chi connectivity index (χ0) is 24.5. The molecule has 2 N–H and O–H groups in total. The van der Waals surface area contributed by atoms with Gasteiger partial charge in [0.1, 0.15) is 12.7 Å². The Morgan fingerprint density at radius 1 is 1.14 bits per heavy atom. The first-order chi connectivity index (χ1) is 16.9. The number of fused-ring (bicyclic) bond motifs is 1. The van der Waals surface area contributed by atoms with Gasteiger partial charge >= 0.3 is 0 Å². The number of halogens is 1. The molecule has 2 aromatic carbocycles. The smallest absolute Gasteiger partial charge is 0.207 e. The largest absolute Gasteiger partial charge is 0.486 e. The van der Waals surface area contributed by atoms with Crippen molar-refractivity contribution in [2.24, 2.45) is 7.05 Å². The Morgan fingerprint density at radius 3 is 2.69 bits per heavy atom. The summed E-state index contributed by atoms with van der Waals surface area (Å²) in [5.74, 6) is 0.524. The highest BCUT2D eigenvalue weighted by molar-refractivity contribution is 5.74. The lowest BCUT2D eigenvalue weighted by molar-refractivity contribution is 0.287. The van der Waals surface area contributed by atoms with Crippen molar-refractivity contribution in [2.75, 3.05) is 54.4 Å². The topological polar surface area (TPSA) is 81.4 Å². The van der Waals surface area contributed by atoms with E-state index in [0.717, 1.165) is 43.2 Å². The molecular weight excluding hydrogens is 445 g/mol. The molecule has 3 aromatic rings. The second-order valence-corrected chi connectivity index (χ2v) is 9.21. The van der Waals surface area contributed by atoms with Crippen LogP contribution in [0.3, 0.4) is 0 Å². The van der Waals surface area contributed by atoms with Crippen LogP contribution in [0.1, 0.15) is 19.4 Å². The molecule has 0 radical (unpaired) electrons. The average molecular weight is 476 g/mol. The molecule has 35 heavy (non-hydrogen) atoms. The molecule has 5 rings (SSSR count). The van der Waals surface area contributed by atoms with E-state index in [4.69, 9.17) is 9.72 Å². The lowest BCUT2D eigenvalue weighted by Gasteiger charge is -2.34. The van der Waals surface area contributed by atoms with E-state index < -0.39 is 0 Å². The molecule has 2 aliphatic rings. The first-order valence-corrected chi connectivity index (χ1v) is 12.0. The van der Waals surface area contributed by atoms with E-state index in [1.54, 1.807) is 0 Å². The Bertz CT molecular complexity index is 1270. The fourth-order valence-electron chi connectivity index (χ4n) is 4.72. The third-order valence-electron chi connectivity index (χ3n) is 6.54. The zero-order valence-electron chi connectivity index (χ0n) is 20.3. The maximum atomic E-state index is 14.9. The van der Waals surface area contributed by atoms with Crippen LogP contribution in [0, 0.1) is 17.1 Å². The average Bonchev–Trinajstić information content (AvgIpc) is 3.24. The second kappa shape index (κ2) is 9.47. The minimum atomic E-state index is -0.384. The number of hydrogen-bond acceptors (Lipinski definition) is 7. The number of aromatic nitrogens is 2. The minimum Gasteiger partial charge on any atom is -0.486 e. The molecule has 9 heteroatoms. The van der Waals surface area contributed by atoms with E-state index in [1.807, 2.05) is 42.1 Å². The number of rotatable bonds is 5. The van der Waals surface area contributed by atoms with E-state index in [-0.39, 0.29) is 11.9 Å². The SMILES string of the molecule is CC(C)N1CCOc2c(F)cc(-c3cn(C)c(Nc4ccc(N5CCNCC5)c(C#N)c4)n3)cc21. The first kappa shape index (κ1) is 23.0. The van der Waals surface area contributed by atoms with Crippen molar-refractivity contribution in [2.45, 2.75) is 19.9 Å². The van der Waals surface area contributed by atoms with Crippen LogP contribution in [-0.4, -0.2) is 54.9 Å². The van der Waals surface area contributed by atoms with Crippen molar-refractivity contribution >= 4 is 23.0 Å². The molecule has 1 saturated heterocycles. The zero-order valence-corrected chi connectivity index (χ0v) is 20.3. The quantitative estimate of drug-likeness (QED) is 0.580. The van der Waals surface area contributed by atoms with Gasteiger partial charge in [-0.2, -0.15) is 5.26 Å². The Hall–Kier alpha value is -3.77. The van der Waals surface area contributed by atoms with Gasteiger partial charge in [0.2, 0.25) is 5.95 Å². The predicted octanol–water partition coefficient (Wildman–Crippen LogP) is 3.86. The lowest BCUT2D eigenvalue weighted by Crippen LogP contribution is -2.43. The van der Waals surface area contributed by atoms with E-state index in [2.05, 4.69) is 40.4 Å². The number of benzene rings is 2. The standard InChI is InChI=1S/C26H30FN7O/c1-17(2)34-10-11-35-25-21(27)13-18(14-24(25)34)22-16-32(3)26(31-22)30-20-4-5-23(19(12-20)15-28)33-8-6-29-7-9-33/h4-5,12-14,16-17,29H,6-11H2,1-3H3,(H,30,31). The molecule has 0 amide bonds. The summed E-state index contributed by atoms with van der Waals surface area (Å²) in [4.78, 5) is 9.11. The van der Waals surface area contributed by atoms with Gasteiger partial charge in [-0.3, -0.25) is 0 Å². The van der Waals surface area contributed by atoms with Gasteiger partial charge in [0.25, 0.3) is 0 Å². The number of nitrogens with one attached hydrogen (secondary N) is 2. The summed E-state index contributed by atoms with van der Waals surface area (Å²) in [5, 5.41) is 16.4. The fraction of sp³-hybridized carbons (Fsp3) is 0.385. The fourth-order valence-corrected chi connectivity index (χ4v) is 4.72. The van der Waals surface area contributed by atoms with Gasteiger partial charge in [-0.05, 0) is 44.2 Å². The van der Waals surface area contributed by atoms with Crippen molar-refractivity contribution in [1.82, 2.24) is 14.9 Å². The number of ether oxygens (including phenoxy) is 1. The Morgan fingerprint density at radius 2 is 1.94 bits per heavy atom. The van der Waals surface area contributed by atoms with Crippen molar-refractivity contribution in [3.8, 4) is 23.1 Å². The van der Waals surface area contributed by atoms with E-state index in [0.29, 0.717) is 41.7 Å². The highest BCUT2D eigenvalue weighted by Gasteiger charge is 2.25. The van der Waals surface area contributed by atoms with Gasteiger partial charge in [0.15, 0.2) is 11.6 Å². The number of piperazine rings is 1. The van der Waals surface area contributed by atoms with Crippen molar-refractivity contribution in [1.29, 1.82) is 5.26 Å². The van der Waals surface area contributed by atoms with Crippen LogP contribution in [0.4, 0.5) is 27.4 Å². The monoisotopic (exact) mass is 475 g/mol. The summed E-state index contributed by atoms with van der Waals surface area (Å²) in [6.45, 7) is 8.93. The normalized spacial score (nSPS) is 15.5. The summed E-state index contributed by atoms with van der Waals surface area (Å²) < 4.78 is 22.4. The summed E-state index contributed by atoms with van der Waals surface area (Å²) in [7, 11) is 1.89. The molecule has 1 aromatic heterocycles. The molecule has 1 fully saturated rings. The molecule has 0 saturated carbocycles. The van der Waals surface area contributed by atoms with Crippen LogP contribution in [0.2, 0.25) is 0 Å². The molecule has 0 atom stereocenters. The maximum absolute atomic E-state index is 14.9. The molecule has 8 nitrogen and oxygen atoms in total. The Labute approximate surface area is 204 Å². The van der Waals surface area contributed by atoms with Crippen LogP contribution >= 0.6 is 0 Å². The van der Waals surface area contributed by atoms with Crippen LogP contribution < -0.4 is 25.2 Å². The number of anilines is 4. The van der Waals surface area contributed by atoms with Crippen LogP contribution in [0.5, 0.6) is 5.75 Å². The van der Waals surface area contributed by atoms with Crippen molar-refractivity contribution < 1.29 is 9.13 Å². The number of nitriles is 1. The minimum absolute atomic E-state index is 0.228. The lowest BCUT2D eigenvalue weighted by atomic mass is 10.1. The number of nitrogens with zero attached hydrogens (tertiary/aromatic N) is 5. The van der Waals surface area contributed by atoms with E-state index >= 15 is 0 Å². The predicted molar refractivity (Wildman–Crippen MR) is 136 cm³/mol. The Balaban J connectivity index is 1.42. The molecule has 0 aliphatic carbocycles. The van der Waals surface area contributed by atoms with Crippen LogP contribution in [0.25, 0.3) is 11.3 Å². The Kier molecular flexibility index (Phi) is 6.22. The summed E-state index contributed by atoms with van der Waals surface area (Å²) >= 11 is 0. The van der Waals surface area contributed by atoms with E-state index in [1.165, 1.54) is 6.07 Å². The molecule has 182 valence electrons. The van der Waals surface area contributed by atoms with Gasteiger partial charge in [0.05, 0.1) is 29.2 Å². The summed E-state index contributed by atoms with van der Waals surface area (Å²) in [6, 6.07) is 11.8. The number of hydrogen-bond donors (Lipinski definition) is 2. The van der Waals surface area contributed by atoms with Gasteiger partial charge in [0, 0.05) is 56.7 Å². The van der Waals surface area contributed by atoms with E-state index in [9.17, 15) is 9.65 Å². The molecule has 0 bridgehead atoms. The van der Waals surface area contributed by atoms with Gasteiger partial charge < -0.3 is 29.7 Å². The highest BCUT2D eigenvalue weighted by atomic mass is 19.1. The third-order valence-corrected chi connectivity index (χ3v) is 6.54. The number of aryl methyl sites for hydroxylation is 1. The first-order valence-electron chi connectivity index (χ1n) is 12.0. The third kappa shape index (κ3) is 4.49. The summed E-state index contributed by atoms with van der Waals surface area (Å²) in [6.07, 6.45) is 1.87. The molecule has 0 spiro atoms. The molecule has 2 aliphatic heterocycles. The van der Waals surface area contributed by atoms with Crippen LogP contribution in [0.15, 0.2) is 36.5 Å². The second-order valence-electron chi connectivity index (χ2n) is 9.21. The molecular formula is C26H30FN7O. The molecule has 3 heterocycles. The highest BCUT2D eigenvalue weighted by Crippen LogP contribution is 2.39.